The number of benzene rings is 2. The molecule has 0 heterocycles. The highest BCUT2D eigenvalue weighted by Gasteiger charge is 2.12. The van der Waals surface area contributed by atoms with Crippen LogP contribution in [0.15, 0.2) is 30.3 Å². The van der Waals surface area contributed by atoms with Gasteiger partial charge >= 0.3 is 0 Å². The molecule has 104 valence electrons. The maximum absolute atomic E-state index is 12.2. The summed E-state index contributed by atoms with van der Waals surface area (Å²) in [7, 11) is 0. The molecule has 2 aromatic rings. The SMILES string of the molecule is Cc1cc(Cl)c(NC(=O)c2ccc(O)cc2C)cc1Cl. The second-order valence-corrected chi connectivity index (χ2v) is 5.35. The minimum Gasteiger partial charge on any atom is -0.508 e. The molecule has 0 atom stereocenters. The van der Waals surface area contributed by atoms with Crippen LogP contribution in [-0.4, -0.2) is 11.0 Å². The van der Waals surface area contributed by atoms with E-state index in [2.05, 4.69) is 5.32 Å². The zero-order chi connectivity index (χ0) is 14.9. The molecular weight excluding hydrogens is 297 g/mol. The molecule has 1 amide bonds. The van der Waals surface area contributed by atoms with E-state index in [4.69, 9.17) is 23.2 Å². The van der Waals surface area contributed by atoms with Gasteiger partial charge in [-0.1, -0.05) is 23.2 Å². The highest BCUT2D eigenvalue weighted by molar-refractivity contribution is 6.36. The summed E-state index contributed by atoms with van der Waals surface area (Å²) >= 11 is 12.1. The first-order valence-electron chi connectivity index (χ1n) is 5.95. The molecular formula is C15H13Cl2NO2. The molecule has 2 aromatic carbocycles. The van der Waals surface area contributed by atoms with E-state index < -0.39 is 0 Å². The topological polar surface area (TPSA) is 49.3 Å². The lowest BCUT2D eigenvalue weighted by Crippen LogP contribution is -2.13. The Bertz CT molecular complexity index is 684. The molecule has 20 heavy (non-hydrogen) atoms. The van der Waals surface area contributed by atoms with Crippen LogP contribution in [0, 0.1) is 13.8 Å². The summed E-state index contributed by atoms with van der Waals surface area (Å²) in [6, 6.07) is 7.87. The Kier molecular flexibility index (Phi) is 4.21. The first kappa shape index (κ1) is 14.7. The number of phenolic OH excluding ortho intramolecular Hbond substituents is 1. The Morgan fingerprint density at radius 1 is 1.05 bits per heavy atom. The lowest BCUT2D eigenvalue weighted by Gasteiger charge is -2.11. The van der Waals surface area contributed by atoms with E-state index in [9.17, 15) is 9.90 Å². The van der Waals surface area contributed by atoms with Crippen LogP contribution < -0.4 is 5.32 Å². The van der Waals surface area contributed by atoms with Gasteiger partial charge in [-0.15, -0.1) is 0 Å². The summed E-state index contributed by atoms with van der Waals surface area (Å²) in [4.78, 5) is 12.2. The fraction of sp³-hybridized carbons (Fsp3) is 0.133. The number of rotatable bonds is 2. The highest BCUT2D eigenvalue weighted by atomic mass is 35.5. The Balaban J connectivity index is 2.30. The first-order chi connectivity index (χ1) is 9.38. The lowest BCUT2D eigenvalue weighted by atomic mass is 10.1. The molecule has 0 aliphatic heterocycles. The van der Waals surface area contributed by atoms with E-state index in [1.54, 1.807) is 25.1 Å². The van der Waals surface area contributed by atoms with E-state index in [-0.39, 0.29) is 11.7 Å². The molecule has 2 rings (SSSR count). The van der Waals surface area contributed by atoms with Gasteiger partial charge in [0.15, 0.2) is 0 Å². The minimum absolute atomic E-state index is 0.121. The van der Waals surface area contributed by atoms with E-state index in [0.29, 0.717) is 26.9 Å². The largest absolute Gasteiger partial charge is 0.508 e. The Labute approximate surface area is 127 Å². The predicted octanol–water partition coefficient (Wildman–Crippen LogP) is 4.57. The molecule has 2 N–H and O–H groups in total. The number of amides is 1. The molecule has 0 aliphatic carbocycles. The predicted molar refractivity (Wildman–Crippen MR) is 82.0 cm³/mol. The summed E-state index contributed by atoms with van der Waals surface area (Å²) < 4.78 is 0. The zero-order valence-electron chi connectivity index (χ0n) is 11.0. The van der Waals surface area contributed by atoms with Crippen molar-refractivity contribution in [2.75, 3.05) is 5.32 Å². The van der Waals surface area contributed by atoms with Crippen LogP contribution in [0.3, 0.4) is 0 Å². The smallest absolute Gasteiger partial charge is 0.255 e. The van der Waals surface area contributed by atoms with Crippen LogP contribution in [0.5, 0.6) is 5.75 Å². The minimum atomic E-state index is -0.302. The Morgan fingerprint density at radius 2 is 1.75 bits per heavy atom. The summed E-state index contributed by atoms with van der Waals surface area (Å²) in [6.45, 7) is 3.59. The van der Waals surface area contributed by atoms with E-state index in [0.717, 1.165) is 5.56 Å². The maximum Gasteiger partial charge on any atom is 0.255 e. The molecule has 0 saturated carbocycles. The normalized spacial score (nSPS) is 10.4. The van der Waals surface area contributed by atoms with Gasteiger partial charge in [-0.25, -0.2) is 0 Å². The fourth-order valence-electron chi connectivity index (χ4n) is 1.83. The van der Waals surface area contributed by atoms with Crippen LogP contribution in [0.2, 0.25) is 10.0 Å². The van der Waals surface area contributed by atoms with Gasteiger partial charge in [0.1, 0.15) is 5.75 Å². The van der Waals surface area contributed by atoms with Crippen molar-refractivity contribution in [1.82, 2.24) is 0 Å². The van der Waals surface area contributed by atoms with Crippen molar-refractivity contribution in [2.45, 2.75) is 13.8 Å². The van der Waals surface area contributed by atoms with E-state index in [1.165, 1.54) is 12.1 Å². The number of hydrogen-bond acceptors (Lipinski definition) is 2. The van der Waals surface area contributed by atoms with Crippen LogP contribution >= 0.6 is 23.2 Å². The van der Waals surface area contributed by atoms with Crippen molar-refractivity contribution in [2.24, 2.45) is 0 Å². The van der Waals surface area contributed by atoms with Gasteiger partial charge in [0.2, 0.25) is 0 Å². The number of nitrogens with one attached hydrogen (secondary N) is 1. The van der Waals surface area contributed by atoms with Crippen molar-refractivity contribution in [3.63, 3.8) is 0 Å². The van der Waals surface area contributed by atoms with Gasteiger partial charge in [0.25, 0.3) is 5.91 Å². The highest BCUT2D eigenvalue weighted by Crippen LogP contribution is 2.29. The van der Waals surface area contributed by atoms with Gasteiger partial charge in [0, 0.05) is 10.6 Å². The quantitative estimate of drug-likeness (QED) is 0.853. The number of hydrogen-bond donors (Lipinski definition) is 2. The van der Waals surface area contributed by atoms with Gasteiger partial charge < -0.3 is 10.4 Å². The number of aromatic hydroxyl groups is 1. The molecule has 0 radical (unpaired) electrons. The fourth-order valence-corrected chi connectivity index (χ4v) is 2.26. The molecule has 0 saturated heterocycles. The second-order valence-electron chi connectivity index (χ2n) is 4.53. The van der Waals surface area contributed by atoms with Gasteiger partial charge in [-0.2, -0.15) is 0 Å². The Hall–Kier alpha value is -1.71. The number of halogens is 2. The van der Waals surface area contributed by atoms with Gasteiger partial charge in [-0.05, 0) is 55.3 Å². The number of anilines is 1. The number of carbonyl (C=O) groups is 1. The van der Waals surface area contributed by atoms with E-state index >= 15 is 0 Å². The van der Waals surface area contributed by atoms with E-state index in [1.807, 2.05) is 6.92 Å². The third kappa shape index (κ3) is 3.06. The lowest BCUT2D eigenvalue weighted by molar-refractivity contribution is 0.102. The van der Waals surface area contributed by atoms with Crippen LogP contribution in [-0.2, 0) is 0 Å². The number of phenols is 1. The van der Waals surface area contributed by atoms with Crippen molar-refractivity contribution >= 4 is 34.8 Å². The van der Waals surface area contributed by atoms with Crippen molar-refractivity contribution < 1.29 is 9.90 Å². The van der Waals surface area contributed by atoms with Gasteiger partial charge in [0.05, 0.1) is 10.7 Å². The molecule has 0 bridgehead atoms. The second kappa shape index (κ2) is 5.73. The summed E-state index contributed by atoms with van der Waals surface area (Å²) in [5.74, 6) is -0.181. The molecule has 3 nitrogen and oxygen atoms in total. The molecule has 0 aromatic heterocycles. The van der Waals surface area contributed by atoms with Crippen LogP contribution in [0.1, 0.15) is 21.5 Å². The number of aryl methyl sites for hydroxylation is 2. The van der Waals surface area contributed by atoms with Crippen molar-refractivity contribution in [3.8, 4) is 5.75 Å². The summed E-state index contributed by atoms with van der Waals surface area (Å²) in [5.41, 5.74) is 2.45. The molecule has 0 spiro atoms. The Morgan fingerprint density at radius 3 is 2.40 bits per heavy atom. The number of carbonyl (C=O) groups excluding carboxylic acids is 1. The first-order valence-corrected chi connectivity index (χ1v) is 6.70. The average molecular weight is 310 g/mol. The average Bonchev–Trinajstić information content (AvgIpc) is 2.35. The standard InChI is InChI=1S/C15H13Cl2NO2/c1-8-5-10(19)3-4-11(8)15(20)18-14-7-12(16)9(2)6-13(14)17/h3-7,19H,1-2H3,(H,18,20). The maximum atomic E-state index is 12.2. The van der Waals surface area contributed by atoms with Crippen molar-refractivity contribution in [3.05, 3.63) is 57.1 Å². The molecule has 5 heteroatoms. The van der Waals surface area contributed by atoms with Crippen LogP contribution in [0.25, 0.3) is 0 Å². The third-order valence-electron chi connectivity index (χ3n) is 2.95. The third-order valence-corrected chi connectivity index (χ3v) is 3.67. The monoisotopic (exact) mass is 309 g/mol. The van der Waals surface area contributed by atoms with Crippen LogP contribution in [0.4, 0.5) is 5.69 Å². The zero-order valence-corrected chi connectivity index (χ0v) is 12.5. The van der Waals surface area contributed by atoms with Crippen molar-refractivity contribution in [1.29, 1.82) is 0 Å². The summed E-state index contributed by atoms with van der Waals surface area (Å²) in [5, 5.41) is 13.0. The summed E-state index contributed by atoms with van der Waals surface area (Å²) in [6.07, 6.45) is 0. The molecule has 0 aliphatic rings. The molecule has 0 fully saturated rings. The van der Waals surface area contributed by atoms with Gasteiger partial charge in [-0.3, -0.25) is 4.79 Å². The molecule has 0 unspecified atom stereocenters.